The Bertz CT molecular complexity index is 1050. The smallest absolute Gasteiger partial charge is 0.234 e. The molecule has 156 valence electrons. The van der Waals surface area contributed by atoms with Crippen LogP contribution in [0.3, 0.4) is 0 Å². The van der Waals surface area contributed by atoms with Gasteiger partial charge in [0, 0.05) is 30.4 Å². The molecule has 0 radical (unpaired) electrons. The number of rotatable bonds is 8. The highest BCUT2D eigenvalue weighted by molar-refractivity contribution is 7.99. The summed E-state index contributed by atoms with van der Waals surface area (Å²) in [4.78, 5) is 23.8. The molecule has 0 saturated heterocycles. The maximum absolute atomic E-state index is 12.4. The van der Waals surface area contributed by atoms with E-state index < -0.39 is 0 Å². The van der Waals surface area contributed by atoms with Gasteiger partial charge in [0.2, 0.25) is 11.8 Å². The van der Waals surface area contributed by atoms with Crippen molar-refractivity contribution in [2.24, 2.45) is 0 Å². The lowest BCUT2D eigenvalue weighted by Crippen LogP contribution is -2.15. The average Bonchev–Trinajstić information content (AvgIpc) is 3.15. The fourth-order valence-corrected chi connectivity index (χ4v) is 3.90. The summed E-state index contributed by atoms with van der Waals surface area (Å²) in [5.74, 6) is 0.725. The molecule has 3 rings (SSSR count). The van der Waals surface area contributed by atoms with Gasteiger partial charge in [0.15, 0.2) is 11.0 Å². The number of hydrogen-bond acceptors (Lipinski definition) is 5. The first-order valence-electron chi connectivity index (χ1n) is 9.83. The van der Waals surface area contributed by atoms with E-state index in [1.54, 1.807) is 0 Å². The van der Waals surface area contributed by atoms with Gasteiger partial charge in [0.05, 0.1) is 5.75 Å². The number of anilines is 2. The summed E-state index contributed by atoms with van der Waals surface area (Å²) in [7, 11) is 0. The summed E-state index contributed by atoms with van der Waals surface area (Å²) in [5.41, 5.74) is 3.50. The molecule has 0 atom stereocenters. The van der Waals surface area contributed by atoms with Gasteiger partial charge in [-0.3, -0.25) is 9.59 Å². The zero-order valence-electron chi connectivity index (χ0n) is 17.3. The number of hydrogen-bond donors (Lipinski definition) is 2. The third-order valence-corrected chi connectivity index (χ3v) is 5.45. The van der Waals surface area contributed by atoms with Crippen molar-refractivity contribution < 1.29 is 9.59 Å². The lowest BCUT2D eigenvalue weighted by Gasteiger charge is -2.10. The minimum Gasteiger partial charge on any atom is -0.326 e. The molecule has 0 aliphatic carbocycles. The molecule has 0 unspecified atom stereocenters. The molecule has 0 aliphatic heterocycles. The lowest BCUT2D eigenvalue weighted by atomic mass is 10.1. The van der Waals surface area contributed by atoms with E-state index in [2.05, 4.69) is 27.8 Å². The Kier molecular flexibility index (Phi) is 7.24. The molecule has 0 fully saturated rings. The van der Waals surface area contributed by atoms with Crippen LogP contribution in [0.5, 0.6) is 0 Å². The van der Waals surface area contributed by atoms with E-state index in [9.17, 15) is 9.59 Å². The normalized spacial score (nSPS) is 10.6. The molecule has 1 aromatic heterocycles. The van der Waals surface area contributed by atoms with Gasteiger partial charge in [-0.25, -0.2) is 0 Å². The van der Waals surface area contributed by atoms with Gasteiger partial charge >= 0.3 is 0 Å². The second-order valence-electron chi connectivity index (χ2n) is 6.66. The SMILES string of the molecule is CCc1ccccc1NC(=O)CSc1nnc(-c2cccc(NC(C)=O)c2)n1CC. The Hall–Kier alpha value is -3.13. The number of aromatic nitrogens is 3. The van der Waals surface area contributed by atoms with Crippen LogP contribution >= 0.6 is 11.8 Å². The first-order valence-corrected chi connectivity index (χ1v) is 10.8. The van der Waals surface area contributed by atoms with Crippen LogP contribution < -0.4 is 10.6 Å². The zero-order valence-corrected chi connectivity index (χ0v) is 18.1. The average molecular weight is 424 g/mol. The summed E-state index contributed by atoms with van der Waals surface area (Å²) in [6.45, 7) is 6.20. The molecule has 0 bridgehead atoms. The maximum atomic E-state index is 12.4. The molecule has 8 heteroatoms. The molecule has 0 spiro atoms. The number of nitrogens with one attached hydrogen (secondary N) is 2. The van der Waals surface area contributed by atoms with Gasteiger partial charge in [0.1, 0.15) is 0 Å². The minimum atomic E-state index is -0.129. The number of carbonyl (C=O) groups excluding carboxylic acids is 2. The van der Waals surface area contributed by atoms with Gasteiger partial charge in [-0.05, 0) is 37.1 Å². The Balaban J connectivity index is 1.72. The fraction of sp³-hybridized carbons (Fsp3) is 0.273. The van der Waals surface area contributed by atoms with Crippen LogP contribution in [0.1, 0.15) is 26.3 Å². The van der Waals surface area contributed by atoms with Crippen molar-refractivity contribution in [2.75, 3.05) is 16.4 Å². The van der Waals surface area contributed by atoms with E-state index >= 15 is 0 Å². The van der Waals surface area contributed by atoms with Crippen LogP contribution in [0.4, 0.5) is 11.4 Å². The molecular weight excluding hydrogens is 398 g/mol. The summed E-state index contributed by atoms with van der Waals surface area (Å²) >= 11 is 1.35. The highest BCUT2D eigenvalue weighted by Crippen LogP contribution is 2.26. The van der Waals surface area contributed by atoms with Gasteiger partial charge in [-0.15, -0.1) is 10.2 Å². The molecular formula is C22H25N5O2S. The fourth-order valence-electron chi connectivity index (χ4n) is 3.10. The molecule has 7 nitrogen and oxygen atoms in total. The number of aryl methyl sites for hydroxylation is 1. The molecule has 3 aromatic rings. The van der Waals surface area contributed by atoms with Crippen molar-refractivity contribution in [3.8, 4) is 11.4 Å². The first-order chi connectivity index (χ1) is 14.5. The second-order valence-corrected chi connectivity index (χ2v) is 7.60. The molecule has 0 aliphatic rings. The van der Waals surface area contributed by atoms with Crippen LogP contribution in [0.15, 0.2) is 53.7 Å². The quantitative estimate of drug-likeness (QED) is 0.530. The maximum Gasteiger partial charge on any atom is 0.234 e. The molecule has 30 heavy (non-hydrogen) atoms. The van der Waals surface area contributed by atoms with Crippen LogP contribution in [0.2, 0.25) is 0 Å². The highest BCUT2D eigenvalue weighted by atomic mass is 32.2. The predicted octanol–water partition coefficient (Wildman–Crippen LogP) is 4.22. The van der Waals surface area contributed by atoms with Crippen LogP contribution in [0, 0.1) is 0 Å². The van der Waals surface area contributed by atoms with E-state index in [0.717, 1.165) is 23.2 Å². The van der Waals surface area contributed by atoms with Gasteiger partial charge < -0.3 is 15.2 Å². The Morgan fingerprint density at radius 1 is 1.03 bits per heavy atom. The van der Waals surface area contributed by atoms with Gasteiger partial charge in [-0.2, -0.15) is 0 Å². The summed E-state index contributed by atoms with van der Waals surface area (Å²) in [6, 6.07) is 15.3. The number of nitrogens with zero attached hydrogens (tertiary/aromatic N) is 3. The Morgan fingerprint density at radius 3 is 2.57 bits per heavy atom. The Morgan fingerprint density at radius 2 is 1.83 bits per heavy atom. The van der Waals surface area contributed by atoms with Crippen molar-refractivity contribution in [1.82, 2.24) is 14.8 Å². The molecule has 2 amide bonds. The third kappa shape index (κ3) is 5.27. The predicted molar refractivity (Wildman–Crippen MR) is 121 cm³/mol. The number of carbonyl (C=O) groups is 2. The van der Waals surface area contributed by atoms with E-state index in [4.69, 9.17) is 0 Å². The molecule has 2 N–H and O–H groups in total. The summed E-state index contributed by atoms with van der Waals surface area (Å²) in [5, 5.41) is 15.0. The second kappa shape index (κ2) is 10.1. The van der Waals surface area contributed by atoms with E-state index in [1.807, 2.05) is 60.0 Å². The highest BCUT2D eigenvalue weighted by Gasteiger charge is 2.15. The van der Waals surface area contributed by atoms with Crippen molar-refractivity contribution in [3.63, 3.8) is 0 Å². The standard InChI is InChI=1S/C22H25N5O2S/c1-4-16-9-6-7-12-19(16)24-20(29)14-30-22-26-25-21(27(22)5-2)17-10-8-11-18(13-17)23-15(3)28/h6-13H,4-5,14H2,1-3H3,(H,23,28)(H,24,29). The molecule has 0 saturated carbocycles. The minimum absolute atomic E-state index is 0.0826. The van der Waals surface area contributed by atoms with Gasteiger partial charge in [-0.1, -0.05) is 49.0 Å². The molecule has 2 aromatic carbocycles. The van der Waals surface area contributed by atoms with Crippen molar-refractivity contribution in [2.45, 2.75) is 38.9 Å². The van der Waals surface area contributed by atoms with Gasteiger partial charge in [0.25, 0.3) is 0 Å². The monoisotopic (exact) mass is 423 g/mol. The van der Waals surface area contributed by atoms with Crippen molar-refractivity contribution >= 4 is 35.0 Å². The number of para-hydroxylation sites is 1. The van der Waals surface area contributed by atoms with Crippen molar-refractivity contribution in [3.05, 3.63) is 54.1 Å². The lowest BCUT2D eigenvalue weighted by molar-refractivity contribution is -0.114. The molecule has 1 heterocycles. The van der Waals surface area contributed by atoms with Crippen molar-refractivity contribution in [1.29, 1.82) is 0 Å². The van der Waals surface area contributed by atoms with E-state index in [0.29, 0.717) is 23.2 Å². The van der Waals surface area contributed by atoms with Crippen LogP contribution in [0.25, 0.3) is 11.4 Å². The van der Waals surface area contributed by atoms with E-state index in [-0.39, 0.29) is 17.6 Å². The zero-order chi connectivity index (χ0) is 21.5. The number of thioether (sulfide) groups is 1. The first kappa shape index (κ1) is 21.6. The topological polar surface area (TPSA) is 88.9 Å². The number of benzene rings is 2. The summed E-state index contributed by atoms with van der Waals surface area (Å²) in [6.07, 6.45) is 0.856. The largest absolute Gasteiger partial charge is 0.326 e. The third-order valence-electron chi connectivity index (χ3n) is 4.48. The van der Waals surface area contributed by atoms with Crippen LogP contribution in [-0.4, -0.2) is 32.3 Å². The van der Waals surface area contributed by atoms with Crippen LogP contribution in [-0.2, 0) is 22.6 Å². The number of amides is 2. The van der Waals surface area contributed by atoms with E-state index in [1.165, 1.54) is 18.7 Å². The Labute approximate surface area is 180 Å². The summed E-state index contributed by atoms with van der Waals surface area (Å²) < 4.78 is 1.96.